The monoisotopic (exact) mass is 368 g/mol. The standard InChI is InChI=1S/C24H32O3/c1-3-4-6-19-9-11-21(12-10-19)15-18-23(25)22-16-13-20(14-17-22)7-5-8-24(26)27-2/h9-14,16-17,23,25H,3-8,15,18H2,1-2H3. The van der Waals surface area contributed by atoms with E-state index in [1.807, 2.05) is 24.3 Å². The zero-order chi connectivity index (χ0) is 19.5. The molecule has 0 aliphatic heterocycles. The highest BCUT2D eigenvalue weighted by Crippen LogP contribution is 2.21. The van der Waals surface area contributed by atoms with Gasteiger partial charge in [0.1, 0.15) is 0 Å². The molecule has 0 saturated carbocycles. The summed E-state index contributed by atoms with van der Waals surface area (Å²) in [6.45, 7) is 2.21. The van der Waals surface area contributed by atoms with Crippen LogP contribution < -0.4 is 0 Å². The molecule has 146 valence electrons. The van der Waals surface area contributed by atoms with Crippen molar-refractivity contribution in [1.29, 1.82) is 0 Å². The normalized spacial score (nSPS) is 12.0. The van der Waals surface area contributed by atoms with Gasteiger partial charge in [-0.3, -0.25) is 4.79 Å². The number of benzene rings is 2. The first-order valence-corrected chi connectivity index (χ1v) is 10.0. The summed E-state index contributed by atoms with van der Waals surface area (Å²) in [5, 5.41) is 10.5. The minimum Gasteiger partial charge on any atom is -0.469 e. The number of rotatable bonds is 11. The molecule has 0 radical (unpaired) electrons. The predicted molar refractivity (Wildman–Crippen MR) is 110 cm³/mol. The van der Waals surface area contributed by atoms with Crippen LogP contribution in [-0.4, -0.2) is 18.2 Å². The third-order valence-corrected chi connectivity index (χ3v) is 4.99. The summed E-state index contributed by atoms with van der Waals surface area (Å²) in [4.78, 5) is 11.1. The molecule has 0 bridgehead atoms. The van der Waals surface area contributed by atoms with Gasteiger partial charge in [-0.05, 0) is 60.8 Å². The Morgan fingerprint density at radius 2 is 1.41 bits per heavy atom. The number of aliphatic hydroxyl groups excluding tert-OH is 1. The van der Waals surface area contributed by atoms with Gasteiger partial charge in [-0.1, -0.05) is 61.9 Å². The second-order valence-corrected chi connectivity index (χ2v) is 7.15. The SMILES string of the molecule is CCCCc1ccc(CCC(O)c2ccc(CCCC(=O)OC)cc2)cc1. The average Bonchev–Trinajstić information content (AvgIpc) is 2.71. The van der Waals surface area contributed by atoms with Crippen molar-refractivity contribution >= 4 is 5.97 Å². The predicted octanol–water partition coefficient (Wildman–Crippen LogP) is 5.19. The van der Waals surface area contributed by atoms with E-state index < -0.39 is 6.10 Å². The maximum Gasteiger partial charge on any atom is 0.305 e. The maximum absolute atomic E-state index is 11.1. The van der Waals surface area contributed by atoms with Crippen molar-refractivity contribution in [3.63, 3.8) is 0 Å². The molecule has 3 heteroatoms. The molecule has 1 atom stereocenters. The van der Waals surface area contributed by atoms with Crippen LogP contribution in [0.1, 0.15) is 67.4 Å². The van der Waals surface area contributed by atoms with Gasteiger partial charge in [0, 0.05) is 6.42 Å². The second kappa shape index (κ2) is 11.6. The van der Waals surface area contributed by atoms with Crippen LogP contribution in [0.3, 0.4) is 0 Å². The highest BCUT2D eigenvalue weighted by molar-refractivity contribution is 5.69. The smallest absolute Gasteiger partial charge is 0.305 e. The summed E-state index contributed by atoms with van der Waals surface area (Å²) in [5.74, 6) is -0.166. The Kier molecular flexibility index (Phi) is 9.06. The molecular formula is C24H32O3. The fourth-order valence-corrected chi connectivity index (χ4v) is 3.17. The third kappa shape index (κ3) is 7.56. The molecule has 0 fully saturated rings. The minimum atomic E-state index is -0.450. The van der Waals surface area contributed by atoms with E-state index >= 15 is 0 Å². The Bertz CT molecular complexity index is 674. The minimum absolute atomic E-state index is 0.166. The Labute approximate surface area is 163 Å². The summed E-state index contributed by atoms with van der Waals surface area (Å²) in [7, 11) is 1.42. The Balaban J connectivity index is 1.78. The van der Waals surface area contributed by atoms with Crippen LogP contribution in [0.4, 0.5) is 0 Å². The molecule has 27 heavy (non-hydrogen) atoms. The lowest BCUT2D eigenvalue weighted by Crippen LogP contribution is -2.02. The van der Waals surface area contributed by atoms with Gasteiger partial charge < -0.3 is 9.84 Å². The van der Waals surface area contributed by atoms with Crippen LogP contribution in [0.25, 0.3) is 0 Å². The lowest BCUT2D eigenvalue weighted by atomic mass is 9.98. The molecule has 0 amide bonds. The summed E-state index contributed by atoms with van der Waals surface area (Å²) >= 11 is 0. The number of hydrogen-bond donors (Lipinski definition) is 1. The second-order valence-electron chi connectivity index (χ2n) is 7.15. The fourth-order valence-electron chi connectivity index (χ4n) is 3.17. The first kappa shape index (κ1) is 21.2. The van der Waals surface area contributed by atoms with E-state index in [0.29, 0.717) is 6.42 Å². The lowest BCUT2D eigenvalue weighted by Gasteiger charge is -2.12. The van der Waals surface area contributed by atoms with Crippen LogP contribution in [-0.2, 0) is 28.8 Å². The summed E-state index contributed by atoms with van der Waals surface area (Å²) in [6.07, 6.45) is 6.80. The molecule has 2 aromatic rings. The molecule has 2 rings (SSSR count). The van der Waals surface area contributed by atoms with Gasteiger partial charge >= 0.3 is 5.97 Å². The third-order valence-electron chi connectivity index (χ3n) is 4.99. The van der Waals surface area contributed by atoms with Crippen molar-refractivity contribution in [3.8, 4) is 0 Å². The molecular weight excluding hydrogens is 336 g/mol. The van der Waals surface area contributed by atoms with E-state index in [1.54, 1.807) is 0 Å². The summed E-state index contributed by atoms with van der Waals surface area (Å²) in [5.41, 5.74) is 4.79. The van der Waals surface area contributed by atoms with Crippen LogP contribution >= 0.6 is 0 Å². The molecule has 0 saturated heterocycles. The summed E-state index contributed by atoms with van der Waals surface area (Å²) < 4.78 is 4.65. The largest absolute Gasteiger partial charge is 0.469 e. The first-order valence-electron chi connectivity index (χ1n) is 10.0. The van der Waals surface area contributed by atoms with Gasteiger partial charge in [0.05, 0.1) is 13.2 Å². The van der Waals surface area contributed by atoms with Crippen molar-refractivity contribution in [1.82, 2.24) is 0 Å². The van der Waals surface area contributed by atoms with Crippen molar-refractivity contribution < 1.29 is 14.6 Å². The van der Waals surface area contributed by atoms with Gasteiger partial charge in [0.25, 0.3) is 0 Å². The van der Waals surface area contributed by atoms with Crippen LogP contribution in [0, 0.1) is 0 Å². The van der Waals surface area contributed by atoms with E-state index in [0.717, 1.165) is 37.7 Å². The zero-order valence-corrected chi connectivity index (χ0v) is 16.6. The van der Waals surface area contributed by atoms with Crippen LogP contribution in [0.5, 0.6) is 0 Å². The molecule has 0 spiro atoms. The molecule has 2 aromatic carbocycles. The Hall–Kier alpha value is -2.13. The molecule has 1 unspecified atom stereocenters. The van der Waals surface area contributed by atoms with Gasteiger partial charge in [-0.25, -0.2) is 0 Å². The molecule has 0 aromatic heterocycles. The fraction of sp³-hybridized carbons (Fsp3) is 0.458. The van der Waals surface area contributed by atoms with Gasteiger partial charge in [-0.2, -0.15) is 0 Å². The maximum atomic E-state index is 11.1. The Morgan fingerprint density at radius 1 is 0.889 bits per heavy atom. The lowest BCUT2D eigenvalue weighted by molar-refractivity contribution is -0.140. The van der Waals surface area contributed by atoms with E-state index in [4.69, 9.17) is 0 Å². The van der Waals surface area contributed by atoms with E-state index in [2.05, 4.69) is 35.9 Å². The molecule has 0 aliphatic carbocycles. The van der Waals surface area contributed by atoms with Gasteiger partial charge in [0.15, 0.2) is 0 Å². The molecule has 1 N–H and O–H groups in total. The number of carbonyl (C=O) groups excluding carboxylic acids is 1. The van der Waals surface area contributed by atoms with Gasteiger partial charge in [0.2, 0.25) is 0 Å². The average molecular weight is 369 g/mol. The van der Waals surface area contributed by atoms with Crippen molar-refractivity contribution in [2.24, 2.45) is 0 Å². The van der Waals surface area contributed by atoms with Crippen molar-refractivity contribution in [3.05, 3.63) is 70.8 Å². The molecule has 3 nitrogen and oxygen atoms in total. The number of hydrogen-bond acceptors (Lipinski definition) is 3. The number of aliphatic hydroxyl groups is 1. The number of carbonyl (C=O) groups is 1. The van der Waals surface area contributed by atoms with Crippen LogP contribution in [0.2, 0.25) is 0 Å². The van der Waals surface area contributed by atoms with E-state index in [-0.39, 0.29) is 5.97 Å². The highest BCUT2D eigenvalue weighted by atomic mass is 16.5. The molecule has 0 heterocycles. The first-order chi connectivity index (χ1) is 13.1. The van der Waals surface area contributed by atoms with E-state index in [9.17, 15) is 9.90 Å². The number of esters is 1. The number of methoxy groups -OCH3 is 1. The zero-order valence-electron chi connectivity index (χ0n) is 16.6. The Morgan fingerprint density at radius 3 is 1.96 bits per heavy atom. The highest BCUT2D eigenvalue weighted by Gasteiger charge is 2.08. The van der Waals surface area contributed by atoms with E-state index in [1.165, 1.54) is 36.6 Å². The number of ether oxygens (including phenoxy) is 1. The number of aryl methyl sites for hydroxylation is 3. The quantitative estimate of drug-likeness (QED) is 0.555. The molecule has 0 aliphatic rings. The summed E-state index contributed by atoms with van der Waals surface area (Å²) in [6, 6.07) is 16.8. The van der Waals surface area contributed by atoms with Gasteiger partial charge in [-0.15, -0.1) is 0 Å². The van der Waals surface area contributed by atoms with Crippen molar-refractivity contribution in [2.75, 3.05) is 7.11 Å². The topological polar surface area (TPSA) is 46.5 Å². The number of unbranched alkanes of at least 4 members (excludes halogenated alkanes) is 1. The van der Waals surface area contributed by atoms with Crippen molar-refractivity contribution in [2.45, 2.75) is 64.4 Å². The van der Waals surface area contributed by atoms with Crippen LogP contribution in [0.15, 0.2) is 48.5 Å².